The zero-order chi connectivity index (χ0) is 15.5. The van der Waals surface area contributed by atoms with Gasteiger partial charge >= 0.3 is 0 Å². The first-order valence-electron chi connectivity index (χ1n) is 6.29. The summed E-state index contributed by atoms with van der Waals surface area (Å²) in [5.74, 6) is 1.32. The number of aromatic nitrogens is 3. The zero-order valence-corrected chi connectivity index (χ0v) is 14.7. The van der Waals surface area contributed by atoms with Crippen molar-refractivity contribution in [1.29, 1.82) is 0 Å². The SMILES string of the molecule is COc1ccccc1-c1n[nH]c(=S)n1N=Cc1ccc(Br)s1. The number of H-pyrrole nitrogens is 1. The van der Waals surface area contributed by atoms with Crippen molar-refractivity contribution in [1.82, 2.24) is 14.9 Å². The summed E-state index contributed by atoms with van der Waals surface area (Å²) in [6, 6.07) is 11.6. The Kier molecular flexibility index (Phi) is 4.51. The van der Waals surface area contributed by atoms with E-state index in [0.717, 1.165) is 14.2 Å². The number of halogens is 1. The molecule has 8 heteroatoms. The molecular formula is C14H11BrN4OS2. The molecule has 22 heavy (non-hydrogen) atoms. The number of thiophene rings is 1. The standard InChI is InChI=1S/C14H11BrN4OS2/c1-20-11-5-3-2-4-10(11)13-17-18-14(21)19(13)16-8-9-6-7-12(15)22-9/h2-8H,1H3,(H,18,21). The molecule has 0 aliphatic rings. The van der Waals surface area contributed by atoms with Gasteiger partial charge in [-0.15, -0.1) is 11.3 Å². The lowest BCUT2D eigenvalue weighted by molar-refractivity contribution is 0.416. The molecule has 0 spiro atoms. The van der Waals surface area contributed by atoms with E-state index in [0.29, 0.717) is 16.3 Å². The van der Waals surface area contributed by atoms with Crippen molar-refractivity contribution in [2.45, 2.75) is 0 Å². The van der Waals surface area contributed by atoms with Crippen molar-refractivity contribution in [2.75, 3.05) is 7.11 Å². The molecule has 0 fully saturated rings. The minimum absolute atomic E-state index is 0.424. The second kappa shape index (κ2) is 6.55. The van der Waals surface area contributed by atoms with E-state index >= 15 is 0 Å². The number of nitrogens with zero attached hydrogens (tertiary/aromatic N) is 3. The Balaban J connectivity index is 2.04. The summed E-state index contributed by atoms with van der Waals surface area (Å²) in [6.07, 6.45) is 1.75. The zero-order valence-electron chi connectivity index (χ0n) is 11.5. The topological polar surface area (TPSA) is 55.2 Å². The number of ether oxygens (including phenoxy) is 1. The first-order chi connectivity index (χ1) is 10.7. The van der Waals surface area contributed by atoms with Crippen LogP contribution in [0.5, 0.6) is 5.75 Å². The summed E-state index contributed by atoms with van der Waals surface area (Å²) in [4.78, 5) is 1.01. The van der Waals surface area contributed by atoms with Gasteiger partial charge in [0.05, 0.1) is 22.7 Å². The van der Waals surface area contributed by atoms with Crippen molar-refractivity contribution in [3.8, 4) is 17.1 Å². The average Bonchev–Trinajstić information content (AvgIpc) is 3.11. The quantitative estimate of drug-likeness (QED) is 0.529. The highest BCUT2D eigenvalue weighted by Gasteiger charge is 2.12. The summed E-state index contributed by atoms with van der Waals surface area (Å²) in [6.45, 7) is 0. The van der Waals surface area contributed by atoms with Crippen molar-refractivity contribution in [3.63, 3.8) is 0 Å². The lowest BCUT2D eigenvalue weighted by atomic mass is 10.2. The van der Waals surface area contributed by atoms with Crippen LogP contribution in [0.25, 0.3) is 11.4 Å². The van der Waals surface area contributed by atoms with Gasteiger partial charge in [0.2, 0.25) is 4.77 Å². The number of aromatic amines is 1. The monoisotopic (exact) mass is 394 g/mol. The fourth-order valence-electron chi connectivity index (χ4n) is 1.91. The van der Waals surface area contributed by atoms with Gasteiger partial charge in [-0.2, -0.15) is 14.9 Å². The van der Waals surface area contributed by atoms with Crippen LogP contribution in [0.1, 0.15) is 4.88 Å². The molecule has 0 aliphatic heterocycles. The Hall–Kier alpha value is -1.77. The largest absolute Gasteiger partial charge is 0.496 e. The van der Waals surface area contributed by atoms with Crippen LogP contribution >= 0.6 is 39.5 Å². The third-order valence-electron chi connectivity index (χ3n) is 2.89. The highest BCUT2D eigenvalue weighted by atomic mass is 79.9. The molecule has 1 aromatic carbocycles. The van der Waals surface area contributed by atoms with E-state index in [-0.39, 0.29) is 0 Å². The van der Waals surface area contributed by atoms with E-state index in [2.05, 4.69) is 31.2 Å². The van der Waals surface area contributed by atoms with Gasteiger partial charge in [0.25, 0.3) is 0 Å². The number of para-hydroxylation sites is 1. The number of benzene rings is 1. The Morgan fingerprint density at radius 1 is 1.36 bits per heavy atom. The van der Waals surface area contributed by atoms with Crippen LogP contribution in [0.15, 0.2) is 45.3 Å². The van der Waals surface area contributed by atoms with Gasteiger partial charge in [0, 0.05) is 4.88 Å². The Bertz CT molecular complexity index is 881. The molecule has 0 saturated heterocycles. The number of nitrogens with one attached hydrogen (secondary N) is 1. The predicted octanol–water partition coefficient (Wildman–Crippen LogP) is 4.32. The lowest BCUT2D eigenvalue weighted by Gasteiger charge is -2.06. The molecular weight excluding hydrogens is 384 g/mol. The molecule has 0 amide bonds. The molecule has 0 saturated carbocycles. The number of methoxy groups -OCH3 is 1. The van der Waals surface area contributed by atoms with Crippen LogP contribution in [0.3, 0.4) is 0 Å². The van der Waals surface area contributed by atoms with E-state index in [4.69, 9.17) is 17.0 Å². The molecule has 0 aliphatic carbocycles. The second-order valence-electron chi connectivity index (χ2n) is 4.25. The number of hydrogen-bond acceptors (Lipinski definition) is 5. The van der Waals surface area contributed by atoms with E-state index < -0.39 is 0 Å². The van der Waals surface area contributed by atoms with Gasteiger partial charge in [-0.3, -0.25) is 0 Å². The van der Waals surface area contributed by atoms with Gasteiger partial charge < -0.3 is 4.74 Å². The lowest BCUT2D eigenvalue weighted by Crippen LogP contribution is -1.96. The maximum absolute atomic E-state index is 5.37. The normalized spacial score (nSPS) is 11.2. The van der Waals surface area contributed by atoms with Crippen LogP contribution in [0.4, 0.5) is 0 Å². The Morgan fingerprint density at radius 3 is 2.91 bits per heavy atom. The fraction of sp³-hybridized carbons (Fsp3) is 0.0714. The van der Waals surface area contributed by atoms with Crippen molar-refractivity contribution >= 4 is 45.7 Å². The third kappa shape index (κ3) is 3.03. The highest BCUT2D eigenvalue weighted by Crippen LogP contribution is 2.28. The molecule has 2 heterocycles. The Morgan fingerprint density at radius 2 is 2.18 bits per heavy atom. The first kappa shape index (κ1) is 15.1. The van der Waals surface area contributed by atoms with E-state index in [1.165, 1.54) is 0 Å². The van der Waals surface area contributed by atoms with Gasteiger partial charge in [-0.25, -0.2) is 5.10 Å². The third-order valence-corrected chi connectivity index (χ3v) is 4.72. The van der Waals surface area contributed by atoms with Crippen LogP contribution in [0, 0.1) is 4.77 Å². The van der Waals surface area contributed by atoms with Crippen LogP contribution in [-0.4, -0.2) is 28.2 Å². The molecule has 0 atom stereocenters. The number of rotatable bonds is 4. The number of hydrogen-bond donors (Lipinski definition) is 1. The molecule has 1 N–H and O–H groups in total. The minimum atomic E-state index is 0.424. The second-order valence-corrected chi connectivity index (χ2v) is 7.13. The summed E-state index contributed by atoms with van der Waals surface area (Å²) in [7, 11) is 1.62. The first-order valence-corrected chi connectivity index (χ1v) is 8.31. The van der Waals surface area contributed by atoms with Gasteiger partial charge in [0.1, 0.15) is 5.75 Å². The molecule has 0 unspecified atom stereocenters. The summed E-state index contributed by atoms with van der Waals surface area (Å²) >= 11 is 10.3. The molecule has 112 valence electrons. The molecule has 5 nitrogen and oxygen atoms in total. The van der Waals surface area contributed by atoms with E-state index in [9.17, 15) is 0 Å². The molecule has 0 radical (unpaired) electrons. The van der Waals surface area contributed by atoms with Gasteiger partial charge in [0.15, 0.2) is 5.82 Å². The van der Waals surface area contributed by atoms with Crippen LogP contribution < -0.4 is 4.74 Å². The van der Waals surface area contributed by atoms with Gasteiger partial charge in [-0.05, 0) is 52.4 Å². The fourth-order valence-corrected chi connectivity index (χ4v) is 3.38. The minimum Gasteiger partial charge on any atom is -0.496 e. The van der Waals surface area contributed by atoms with Crippen LogP contribution in [0.2, 0.25) is 0 Å². The smallest absolute Gasteiger partial charge is 0.216 e. The van der Waals surface area contributed by atoms with E-state index in [1.54, 1.807) is 29.3 Å². The highest BCUT2D eigenvalue weighted by molar-refractivity contribution is 9.11. The van der Waals surface area contributed by atoms with E-state index in [1.807, 2.05) is 36.4 Å². The predicted molar refractivity (Wildman–Crippen MR) is 94.4 cm³/mol. The summed E-state index contributed by atoms with van der Waals surface area (Å²) in [5.41, 5.74) is 0.821. The van der Waals surface area contributed by atoms with Crippen molar-refractivity contribution in [2.24, 2.45) is 5.10 Å². The maximum atomic E-state index is 5.37. The average molecular weight is 395 g/mol. The maximum Gasteiger partial charge on any atom is 0.216 e. The van der Waals surface area contributed by atoms with Crippen molar-refractivity contribution in [3.05, 3.63) is 49.8 Å². The summed E-state index contributed by atoms with van der Waals surface area (Å²) in [5, 5.41) is 11.5. The van der Waals surface area contributed by atoms with Gasteiger partial charge in [-0.1, -0.05) is 12.1 Å². The summed E-state index contributed by atoms with van der Waals surface area (Å²) < 4.78 is 8.43. The molecule has 0 bridgehead atoms. The van der Waals surface area contributed by atoms with Crippen molar-refractivity contribution < 1.29 is 4.74 Å². The van der Waals surface area contributed by atoms with Crippen LogP contribution in [-0.2, 0) is 0 Å². The molecule has 3 aromatic rings. The molecule has 3 rings (SSSR count). The molecule has 2 aromatic heterocycles. The Labute approximate surface area is 144 Å².